The van der Waals surface area contributed by atoms with E-state index >= 15 is 0 Å². The highest BCUT2D eigenvalue weighted by Crippen LogP contribution is 2.27. The van der Waals surface area contributed by atoms with E-state index in [0.29, 0.717) is 12.0 Å². The van der Waals surface area contributed by atoms with Crippen LogP contribution in [0, 0.1) is 0 Å². The minimum atomic E-state index is -0.809. The van der Waals surface area contributed by atoms with Crippen molar-refractivity contribution in [2.24, 2.45) is 0 Å². The predicted molar refractivity (Wildman–Crippen MR) is 69.5 cm³/mol. The lowest BCUT2D eigenvalue weighted by Crippen LogP contribution is -2.46. The minimum absolute atomic E-state index is 0.107. The van der Waals surface area contributed by atoms with Crippen molar-refractivity contribution in [1.82, 2.24) is 0 Å². The smallest absolute Gasteiger partial charge is 0.338 e. The average Bonchev–Trinajstić information content (AvgIpc) is 2.34. The molecule has 1 N–H and O–H groups in total. The van der Waals surface area contributed by atoms with E-state index in [1.165, 1.54) is 0 Å². The average molecular weight is 315 g/mol. The van der Waals surface area contributed by atoms with Crippen molar-refractivity contribution in [2.45, 2.75) is 36.7 Å². The van der Waals surface area contributed by atoms with Gasteiger partial charge in [-0.3, -0.25) is 0 Å². The van der Waals surface area contributed by atoms with Crippen molar-refractivity contribution in [1.29, 1.82) is 0 Å². The third-order valence-electron chi connectivity index (χ3n) is 2.87. The number of carbonyl (C=O) groups is 1. The first-order valence-corrected chi connectivity index (χ1v) is 6.73. The number of ether oxygens (including phenoxy) is 2. The van der Waals surface area contributed by atoms with Crippen molar-refractivity contribution >= 4 is 21.9 Å². The number of aliphatic hydroxyl groups excluding tert-OH is 1. The van der Waals surface area contributed by atoms with Crippen LogP contribution < -0.4 is 0 Å². The highest BCUT2D eigenvalue weighted by atomic mass is 79.9. The Morgan fingerprint density at radius 1 is 1.44 bits per heavy atom. The lowest BCUT2D eigenvalue weighted by atomic mass is 10.1. The van der Waals surface area contributed by atoms with Crippen LogP contribution in [0.15, 0.2) is 30.3 Å². The Morgan fingerprint density at radius 3 is 2.72 bits per heavy atom. The van der Waals surface area contributed by atoms with Gasteiger partial charge in [-0.25, -0.2) is 4.79 Å². The van der Waals surface area contributed by atoms with Crippen molar-refractivity contribution < 1.29 is 19.4 Å². The number of halogens is 1. The predicted octanol–water partition coefficient (Wildman–Crippen LogP) is 2.10. The molecule has 0 radical (unpaired) electrons. The van der Waals surface area contributed by atoms with Gasteiger partial charge >= 0.3 is 5.97 Å². The molecule has 0 amide bonds. The fraction of sp³-hybridized carbons (Fsp3) is 0.462. The van der Waals surface area contributed by atoms with Crippen LogP contribution in [0.5, 0.6) is 0 Å². The maximum Gasteiger partial charge on any atom is 0.338 e. The zero-order chi connectivity index (χ0) is 13.1. The molecule has 0 aromatic heterocycles. The van der Waals surface area contributed by atoms with Crippen LogP contribution >= 0.6 is 15.9 Å². The zero-order valence-corrected chi connectivity index (χ0v) is 11.5. The summed E-state index contributed by atoms with van der Waals surface area (Å²) in [5.74, 6) is -0.378. The SMILES string of the molecule is C[C@H]1O[C@@H](O)C[C@@H](Br)[C@@H]1OC(=O)c1ccccc1. The van der Waals surface area contributed by atoms with E-state index < -0.39 is 12.4 Å². The summed E-state index contributed by atoms with van der Waals surface area (Å²) in [5, 5.41) is 9.43. The van der Waals surface area contributed by atoms with Gasteiger partial charge in [-0.1, -0.05) is 34.1 Å². The van der Waals surface area contributed by atoms with Gasteiger partial charge in [0.2, 0.25) is 0 Å². The Balaban J connectivity index is 2.03. The number of hydrogen-bond donors (Lipinski definition) is 1. The number of esters is 1. The molecule has 4 nitrogen and oxygen atoms in total. The highest BCUT2D eigenvalue weighted by molar-refractivity contribution is 9.09. The molecule has 5 heteroatoms. The molecule has 0 unspecified atom stereocenters. The molecule has 1 fully saturated rings. The van der Waals surface area contributed by atoms with Crippen LogP contribution in [0.3, 0.4) is 0 Å². The van der Waals surface area contributed by atoms with Gasteiger partial charge in [-0.05, 0) is 19.1 Å². The molecular weight excluding hydrogens is 300 g/mol. The molecule has 4 atom stereocenters. The summed E-state index contributed by atoms with van der Waals surface area (Å²) >= 11 is 3.42. The molecule has 1 aliphatic heterocycles. The summed E-state index contributed by atoms with van der Waals surface area (Å²) in [4.78, 5) is 11.8. The van der Waals surface area contributed by atoms with Gasteiger partial charge < -0.3 is 14.6 Å². The number of alkyl halides is 1. The number of hydrogen-bond acceptors (Lipinski definition) is 4. The summed E-state index contributed by atoms with van der Waals surface area (Å²) in [5.41, 5.74) is 0.510. The van der Waals surface area contributed by atoms with Crippen molar-refractivity contribution in [3.05, 3.63) is 35.9 Å². The van der Waals surface area contributed by atoms with Gasteiger partial charge in [0, 0.05) is 6.42 Å². The van der Waals surface area contributed by atoms with Gasteiger partial charge in [-0.2, -0.15) is 0 Å². The van der Waals surface area contributed by atoms with Gasteiger partial charge in [-0.15, -0.1) is 0 Å². The van der Waals surface area contributed by atoms with Crippen LogP contribution in [0.1, 0.15) is 23.7 Å². The molecule has 0 aliphatic carbocycles. The van der Waals surface area contributed by atoms with Crippen LogP contribution in [0.2, 0.25) is 0 Å². The van der Waals surface area contributed by atoms with E-state index in [1.807, 2.05) is 6.07 Å². The van der Waals surface area contributed by atoms with Gasteiger partial charge in [0.15, 0.2) is 6.29 Å². The topological polar surface area (TPSA) is 55.8 Å². The first kappa shape index (κ1) is 13.5. The summed E-state index contributed by atoms with van der Waals surface area (Å²) in [6, 6.07) is 8.82. The zero-order valence-electron chi connectivity index (χ0n) is 9.95. The molecule has 0 bridgehead atoms. The molecule has 1 aromatic carbocycles. The quantitative estimate of drug-likeness (QED) is 0.671. The van der Waals surface area contributed by atoms with Crippen molar-refractivity contribution in [3.63, 3.8) is 0 Å². The lowest BCUT2D eigenvalue weighted by Gasteiger charge is -2.35. The number of aliphatic hydroxyl groups is 1. The van der Waals surface area contributed by atoms with E-state index in [1.54, 1.807) is 31.2 Å². The fourth-order valence-corrected chi connectivity index (χ4v) is 2.79. The van der Waals surface area contributed by atoms with Crippen LogP contribution in [0.25, 0.3) is 0 Å². The van der Waals surface area contributed by atoms with Crippen LogP contribution in [-0.2, 0) is 9.47 Å². The lowest BCUT2D eigenvalue weighted by molar-refractivity contribution is -0.189. The van der Waals surface area contributed by atoms with Gasteiger partial charge in [0.25, 0.3) is 0 Å². The normalized spacial score (nSPS) is 31.9. The molecule has 0 saturated carbocycles. The minimum Gasteiger partial charge on any atom is -0.455 e. The molecule has 1 aliphatic rings. The Labute approximate surface area is 114 Å². The Bertz CT molecular complexity index is 397. The molecule has 1 saturated heterocycles. The third kappa shape index (κ3) is 3.10. The molecule has 0 spiro atoms. The first-order valence-electron chi connectivity index (χ1n) is 5.81. The van der Waals surface area contributed by atoms with Crippen LogP contribution in [0.4, 0.5) is 0 Å². The van der Waals surface area contributed by atoms with E-state index in [9.17, 15) is 9.90 Å². The maximum absolute atomic E-state index is 11.9. The van der Waals surface area contributed by atoms with Crippen molar-refractivity contribution in [2.75, 3.05) is 0 Å². The Morgan fingerprint density at radius 2 is 2.11 bits per heavy atom. The highest BCUT2D eigenvalue weighted by Gasteiger charge is 2.37. The molecule has 18 heavy (non-hydrogen) atoms. The standard InChI is InChI=1S/C13H15BrO4/c1-8-12(10(14)7-11(15)17-8)18-13(16)9-5-3-2-4-6-9/h2-6,8,10-12,15H,7H2,1H3/t8-,10-,11-,12-/m1/s1. The number of benzene rings is 1. The Kier molecular flexibility index (Phi) is 4.37. The van der Waals surface area contributed by atoms with Crippen molar-refractivity contribution in [3.8, 4) is 0 Å². The molecule has 1 aromatic rings. The van der Waals surface area contributed by atoms with Crippen LogP contribution in [-0.4, -0.2) is 34.4 Å². The van der Waals surface area contributed by atoms with E-state index in [-0.39, 0.29) is 16.9 Å². The summed E-state index contributed by atoms with van der Waals surface area (Å²) in [6.07, 6.45) is -1.15. The molecule has 98 valence electrons. The first-order chi connectivity index (χ1) is 8.58. The van der Waals surface area contributed by atoms with E-state index in [0.717, 1.165) is 0 Å². The number of carbonyl (C=O) groups excluding carboxylic acids is 1. The summed E-state index contributed by atoms with van der Waals surface area (Å²) in [7, 11) is 0. The second kappa shape index (κ2) is 5.82. The summed E-state index contributed by atoms with van der Waals surface area (Å²) < 4.78 is 10.7. The third-order valence-corrected chi connectivity index (χ3v) is 3.77. The molecule has 2 rings (SSSR count). The second-order valence-corrected chi connectivity index (χ2v) is 5.46. The molecule has 1 heterocycles. The second-order valence-electron chi connectivity index (χ2n) is 4.28. The number of rotatable bonds is 2. The van der Waals surface area contributed by atoms with Gasteiger partial charge in [0.05, 0.1) is 16.5 Å². The molecular formula is C13H15BrO4. The van der Waals surface area contributed by atoms with E-state index in [4.69, 9.17) is 9.47 Å². The summed E-state index contributed by atoms with van der Waals surface area (Å²) in [6.45, 7) is 1.78. The monoisotopic (exact) mass is 314 g/mol. The maximum atomic E-state index is 11.9. The van der Waals surface area contributed by atoms with Gasteiger partial charge in [0.1, 0.15) is 6.10 Å². The largest absolute Gasteiger partial charge is 0.455 e. The van der Waals surface area contributed by atoms with E-state index in [2.05, 4.69) is 15.9 Å². The fourth-order valence-electron chi connectivity index (χ4n) is 1.94. The Hall–Kier alpha value is -0.910.